The van der Waals surface area contributed by atoms with Crippen LogP contribution in [0.25, 0.3) is 0 Å². The number of halogens is 1. The fourth-order valence-electron chi connectivity index (χ4n) is 4.55. The normalized spacial score (nSPS) is 11.6. The molecule has 1 N–H and O–H groups in total. The van der Waals surface area contributed by atoms with Gasteiger partial charge >= 0.3 is 5.97 Å². The molecule has 0 bridgehead atoms. The highest BCUT2D eigenvalue weighted by molar-refractivity contribution is 6.30. The molecule has 2 aromatic heterocycles. The molecule has 0 radical (unpaired) electrons. The second kappa shape index (κ2) is 12.6. The third kappa shape index (κ3) is 6.22. The maximum absolute atomic E-state index is 13.0. The van der Waals surface area contributed by atoms with Crippen LogP contribution in [0.3, 0.4) is 0 Å². The Morgan fingerprint density at radius 2 is 1.80 bits per heavy atom. The van der Waals surface area contributed by atoms with Gasteiger partial charge in [-0.2, -0.15) is 5.26 Å². The van der Waals surface area contributed by atoms with Crippen molar-refractivity contribution >= 4 is 23.3 Å². The van der Waals surface area contributed by atoms with Crippen molar-refractivity contribution in [2.24, 2.45) is 0 Å². The molecule has 0 spiro atoms. The molecular formula is C31H31ClN4O4. The summed E-state index contributed by atoms with van der Waals surface area (Å²) in [5.41, 5.74) is 3.61. The average Bonchev–Trinajstić information content (AvgIpc) is 3.40. The number of hydrogen-bond acceptors (Lipinski definition) is 6. The third-order valence-corrected chi connectivity index (χ3v) is 6.79. The lowest BCUT2D eigenvalue weighted by Crippen LogP contribution is -2.24. The smallest absolute Gasteiger partial charge is 0.340 e. The van der Waals surface area contributed by atoms with Gasteiger partial charge in [0, 0.05) is 18.4 Å². The van der Waals surface area contributed by atoms with Crippen LogP contribution in [0, 0.1) is 11.3 Å². The zero-order valence-corrected chi connectivity index (χ0v) is 23.6. The fourth-order valence-corrected chi connectivity index (χ4v) is 4.77. The van der Waals surface area contributed by atoms with Crippen LogP contribution in [0.5, 0.6) is 5.75 Å². The zero-order chi connectivity index (χ0) is 28.8. The molecule has 0 aliphatic rings. The molecule has 0 saturated heterocycles. The van der Waals surface area contributed by atoms with Crippen molar-refractivity contribution in [3.63, 3.8) is 0 Å². The summed E-state index contributed by atoms with van der Waals surface area (Å²) in [7, 11) is 1.60. The predicted molar refractivity (Wildman–Crippen MR) is 155 cm³/mol. The van der Waals surface area contributed by atoms with Crippen molar-refractivity contribution in [2.75, 3.05) is 19.0 Å². The molecular weight excluding hydrogens is 528 g/mol. The Kier molecular flexibility index (Phi) is 8.97. The van der Waals surface area contributed by atoms with E-state index in [1.165, 1.54) is 4.57 Å². The molecule has 1 atom stereocenters. The van der Waals surface area contributed by atoms with E-state index in [4.69, 9.17) is 21.1 Å². The molecule has 2 aromatic carbocycles. The van der Waals surface area contributed by atoms with E-state index < -0.39 is 12.0 Å². The van der Waals surface area contributed by atoms with Gasteiger partial charge in [-0.3, -0.25) is 4.79 Å². The number of methoxy groups -OCH3 is 1. The standard InChI is InChI=1S/C31H31ClN4O4/c1-5-40-31(38)26-14-15-36(20(2)3)29(26)28(23-10-6-21(17-33)7-11-23)34-24-16-27(32)30(37)35(19-24)18-22-8-12-25(39-4)13-9-22/h6-16,19-20,28,34H,5,18H2,1-4H3. The third-order valence-electron chi connectivity index (χ3n) is 6.52. The van der Waals surface area contributed by atoms with Crippen LogP contribution in [0.2, 0.25) is 5.02 Å². The van der Waals surface area contributed by atoms with Crippen LogP contribution in [-0.2, 0) is 11.3 Å². The van der Waals surface area contributed by atoms with Gasteiger partial charge in [0.2, 0.25) is 0 Å². The van der Waals surface area contributed by atoms with Gasteiger partial charge in [0.15, 0.2) is 0 Å². The van der Waals surface area contributed by atoms with Gasteiger partial charge in [0.1, 0.15) is 10.8 Å². The predicted octanol–water partition coefficient (Wildman–Crippen LogP) is 6.19. The maximum atomic E-state index is 13.0. The Morgan fingerprint density at radius 3 is 2.40 bits per heavy atom. The summed E-state index contributed by atoms with van der Waals surface area (Å²) in [6.45, 7) is 6.36. The summed E-state index contributed by atoms with van der Waals surface area (Å²) in [6.07, 6.45) is 3.57. The molecule has 9 heteroatoms. The van der Waals surface area contributed by atoms with E-state index in [1.807, 2.05) is 61.0 Å². The number of nitrogens with zero attached hydrogens (tertiary/aromatic N) is 3. The number of carbonyl (C=O) groups excluding carboxylic acids is 1. The van der Waals surface area contributed by atoms with Gasteiger partial charge in [-0.05, 0) is 68.3 Å². The minimum absolute atomic E-state index is 0.0356. The molecule has 40 heavy (non-hydrogen) atoms. The van der Waals surface area contributed by atoms with Crippen molar-refractivity contribution in [1.29, 1.82) is 5.26 Å². The Morgan fingerprint density at radius 1 is 1.10 bits per heavy atom. The lowest BCUT2D eigenvalue weighted by atomic mass is 9.98. The summed E-state index contributed by atoms with van der Waals surface area (Å²) in [5.74, 6) is 0.292. The second-order valence-electron chi connectivity index (χ2n) is 9.51. The Bertz CT molecular complexity index is 1580. The lowest BCUT2D eigenvalue weighted by molar-refractivity contribution is 0.0524. The number of rotatable bonds is 10. The van der Waals surface area contributed by atoms with E-state index in [0.29, 0.717) is 29.1 Å². The molecule has 206 valence electrons. The molecule has 8 nitrogen and oxygen atoms in total. The SMILES string of the molecule is CCOC(=O)c1ccn(C(C)C)c1C(Nc1cc(Cl)c(=O)n(Cc2ccc(OC)cc2)c1)c1ccc(C#N)cc1. The van der Waals surface area contributed by atoms with Gasteiger partial charge in [-0.15, -0.1) is 0 Å². The molecule has 4 aromatic rings. The molecule has 4 rings (SSSR count). The lowest BCUT2D eigenvalue weighted by Gasteiger charge is -2.26. The van der Waals surface area contributed by atoms with Crippen LogP contribution in [0.4, 0.5) is 5.69 Å². The number of pyridine rings is 1. The molecule has 0 aliphatic carbocycles. The van der Waals surface area contributed by atoms with Gasteiger partial charge in [0.25, 0.3) is 5.56 Å². The van der Waals surface area contributed by atoms with E-state index >= 15 is 0 Å². The van der Waals surface area contributed by atoms with E-state index in [0.717, 1.165) is 16.9 Å². The number of ether oxygens (including phenoxy) is 2. The maximum Gasteiger partial charge on any atom is 0.340 e. The number of aromatic nitrogens is 2. The first-order valence-corrected chi connectivity index (χ1v) is 13.3. The summed E-state index contributed by atoms with van der Waals surface area (Å²) in [5, 5.41) is 12.9. The summed E-state index contributed by atoms with van der Waals surface area (Å²) < 4.78 is 14.2. The van der Waals surface area contributed by atoms with Crippen molar-refractivity contribution in [1.82, 2.24) is 9.13 Å². The van der Waals surface area contributed by atoms with Crippen molar-refractivity contribution < 1.29 is 14.3 Å². The molecule has 0 saturated carbocycles. The number of anilines is 1. The van der Waals surface area contributed by atoms with Crippen molar-refractivity contribution in [2.45, 2.75) is 39.4 Å². The summed E-state index contributed by atoms with van der Waals surface area (Å²) >= 11 is 6.42. The Labute approximate surface area is 238 Å². The van der Waals surface area contributed by atoms with E-state index in [-0.39, 0.29) is 23.2 Å². The number of carbonyl (C=O) groups is 1. The first-order chi connectivity index (χ1) is 19.2. The molecule has 0 aliphatic heterocycles. The number of nitriles is 1. The van der Waals surface area contributed by atoms with Crippen LogP contribution >= 0.6 is 11.6 Å². The van der Waals surface area contributed by atoms with E-state index in [2.05, 4.69) is 11.4 Å². The minimum Gasteiger partial charge on any atom is -0.497 e. The molecule has 1 unspecified atom stereocenters. The Balaban J connectivity index is 1.82. The fraction of sp³-hybridized carbons (Fsp3) is 0.258. The second-order valence-corrected chi connectivity index (χ2v) is 9.91. The van der Waals surface area contributed by atoms with Crippen LogP contribution < -0.4 is 15.6 Å². The highest BCUT2D eigenvalue weighted by atomic mass is 35.5. The summed E-state index contributed by atoms with van der Waals surface area (Å²) in [4.78, 5) is 26.0. The quantitative estimate of drug-likeness (QED) is 0.233. The largest absolute Gasteiger partial charge is 0.497 e. The molecule has 0 fully saturated rings. The van der Waals surface area contributed by atoms with Gasteiger partial charge in [-0.25, -0.2) is 4.79 Å². The van der Waals surface area contributed by atoms with Crippen molar-refractivity contribution in [3.05, 3.63) is 116 Å². The minimum atomic E-state index is -0.535. The van der Waals surface area contributed by atoms with Crippen LogP contribution in [0.15, 0.2) is 77.9 Å². The van der Waals surface area contributed by atoms with Gasteiger partial charge < -0.3 is 23.9 Å². The molecule has 2 heterocycles. The Hall–Kier alpha value is -4.48. The van der Waals surface area contributed by atoms with E-state index in [9.17, 15) is 14.9 Å². The number of hydrogen-bond donors (Lipinski definition) is 1. The zero-order valence-electron chi connectivity index (χ0n) is 22.8. The number of esters is 1. The summed E-state index contributed by atoms with van der Waals surface area (Å²) in [6, 6.07) is 19.6. The van der Waals surface area contributed by atoms with Gasteiger partial charge in [-0.1, -0.05) is 35.9 Å². The topological polar surface area (TPSA) is 98.3 Å². The monoisotopic (exact) mass is 558 g/mol. The van der Waals surface area contributed by atoms with Crippen LogP contribution in [-0.4, -0.2) is 28.8 Å². The first kappa shape index (κ1) is 28.5. The van der Waals surface area contributed by atoms with Crippen LogP contribution in [0.1, 0.15) is 65.6 Å². The first-order valence-electron chi connectivity index (χ1n) is 12.9. The van der Waals surface area contributed by atoms with Gasteiger partial charge in [0.05, 0.1) is 54.9 Å². The average molecular weight is 559 g/mol. The highest BCUT2D eigenvalue weighted by Crippen LogP contribution is 2.33. The number of benzene rings is 2. The highest BCUT2D eigenvalue weighted by Gasteiger charge is 2.27. The van der Waals surface area contributed by atoms with Crippen molar-refractivity contribution in [3.8, 4) is 11.8 Å². The van der Waals surface area contributed by atoms with E-state index in [1.54, 1.807) is 44.5 Å². The number of nitrogens with one attached hydrogen (secondary N) is 1. The molecule has 0 amide bonds.